The first-order chi connectivity index (χ1) is 13.3. The first kappa shape index (κ1) is 26.7. The van der Waals surface area contributed by atoms with Gasteiger partial charge in [0.1, 0.15) is 11.9 Å². The zero-order valence-corrected chi connectivity index (χ0v) is 17.2. The van der Waals surface area contributed by atoms with Crippen LogP contribution in [0.2, 0.25) is 0 Å². The molecule has 0 radical (unpaired) electrons. The lowest BCUT2D eigenvalue weighted by atomic mass is 9.89. The Labute approximate surface area is 168 Å². The lowest BCUT2D eigenvalue weighted by Crippen LogP contribution is -2.63. The number of hydrogen-bond donors (Lipinski definition) is 5. The lowest BCUT2D eigenvalue weighted by Gasteiger charge is -2.30. The Morgan fingerprint density at radius 1 is 0.964 bits per heavy atom. The summed E-state index contributed by atoms with van der Waals surface area (Å²) < 4.78 is 0. The maximum absolute atomic E-state index is 11.7. The van der Waals surface area contributed by atoms with Gasteiger partial charge in [-0.2, -0.15) is 0 Å². The summed E-state index contributed by atoms with van der Waals surface area (Å²) in [7, 11) is 0. The molecule has 0 aliphatic carbocycles. The van der Waals surface area contributed by atoms with Crippen LogP contribution < -0.4 is 5.73 Å². The number of carboxylic acid groups (broad SMARTS) is 1. The van der Waals surface area contributed by atoms with E-state index in [0.29, 0.717) is 18.6 Å². The molecule has 0 aromatic rings. The van der Waals surface area contributed by atoms with Gasteiger partial charge >= 0.3 is 5.97 Å². The Morgan fingerprint density at radius 2 is 1.54 bits per heavy atom. The zero-order valence-electron chi connectivity index (χ0n) is 17.2. The number of rotatable bonds is 18. The summed E-state index contributed by atoms with van der Waals surface area (Å²) in [5, 5.41) is 37.8. The minimum atomic E-state index is -2.28. The van der Waals surface area contributed by atoms with Gasteiger partial charge < -0.3 is 26.2 Å². The predicted octanol–water partition coefficient (Wildman–Crippen LogP) is 2.31. The lowest BCUT2D eigenvalue weighted by molar-refractivity contribution is -0.155. The Balaban J connectivity index is 3.80. The van der Waals surface area contributed by atoms with Gasteiger partial charge in [-0.3, -0.25) is 9.59 Å². The van der Waals surface area contributed by atoms with Crippen molar-refractivity contribution in [2.45, 2.75) is 102 Å². The second kappa shape index (κ2) is 15.6. The molecule has 7 heteroatoms. The average Bonchev–Trinajstić information content (AvgIpc) is 2.68. The van der Waals surface area contributed by atoms with Crippen LogP contribution in [0.25, 0.3) is 0 Å². The summed E-state index contributed by atoms with van der Waals surface area (Å²) in [6.07, 6.45) is 11.1. The molecule has 28 heavy (non-hydrogen) atoms. The van der Waals surface area contributed by atoms with Crippen LogP contribution in [0, 0.1) is 0 Å². The third-order valence-corrected chi connectivity index (χ3v) is 4.98. The molecule has 3 atom stereocenters. The van der Waals surface area contributed by atoms with Crippen LogP contribution in [-0.2, 0) is 9.59 Å². The number of carbonyl (C=O) groups is 2. The average molecular weight is 402 g/mol. The fraction of sp³-hybridized carbons (Fsp3) is 0.810. The first-order valence-electron chi connectivity index (χ1n) is 10.5. The Bertz CT molecular complexity index is 468. The van der Waals surface area contributed by atoms with Crippen molar-refractivity contribution in [3.63, 3.8) is 0 Å². The number of carboxylic acids is 1. The molecule has 0 heterocycles. The molecule has 7 nitrogen and oxygen atoms in total. The number of hydrogen-bond acceptors (Lipinski definition) is 6. The highest BCUT2D eigenvalue weighted by atomic mass is 16.4. The summed E-state index contributed by atoms with van der Waals surface area (Å²) in [5.74, 6) is -1.20. The summed E-state index contributed by atoms with van der Waals surface area (Å²) in [4.78, 5) is 22.7. The number of allylic oxidation sites excluding steroid dienone is 1. The number of carbonyl (C=O) groups excluding carboxylic acids is 1. The number of aliphatic hydroxyl groups excluding tert-OH is 3. The van der Waals surface area contributed by atoms with E-state index in [0.717, 1.165) is 44.9 Å². The van der Waals surface area contributed by atoms with Crippen LogP contribution in [0.3, 0.4) is 0 Å². The van der Waals surface area contributed by atoms with Gasteiger partial charge in [0.05, 0.1) is 12.7 Å². The predicted molar refractivity (Wildman–Crippen MR) is 109 cm³/mol. The fourth-order valence-corrected chi connectivity index (χ4v) is 2.93. The van der Waals surface area contributed by atoms with Crippen molar-refractivity contribution in [1.29, 1.82) is 0 Å². The van der Waals surface area contributed by atoms with Crippen LogP contribution in [0.4, 0.5) is 0 Å². The number of aliphatic carboxylic acids is 1. The molecular formula is C21H39NO6. The van der Waals surface area contributed by atoms with E-state index in [1.165, 1.54) is 12.8 Å². The van der Waals surface area contributed by atoms with Crippen LogP contribution in [0.15, 0.2) is 12.2 Å². The highest BCUT2D eigenvalue weighted by Gasteiger charge is 2.44. The SMILES string of the molecule is CCCCCCC(=O)CCCCCC/C=C/C[C@H](O)[C@@H](O)C(N)(CO)C(=O)O. The molecule has 164 valence electrons. The minimum absolute atomic E-state index is 0.0555. The number of nitrogens with two attached hydrogens (primary N) is 1. The molecule has 0 aromatic carbocycles. The van der Waals surface area contributed by atoms with E-state index in [1.54, 1.807) is 6.08 Å². The van der Waals surface area contributed by atoms with E-state index in [-0.39, 0.29) is 6.42 Å². The molecule has 0 aromatic heterocycles. The monoisotopic (exact) mass is 401 g/mol. The molecule has 6 N–H and O–H groups in total. The number of aliphatic hydroxyl groups is 3. The van der Waals surface area contributed by atoms with Crippen molar-refractivity contribution in [2.24, 2.45) is 5.73 Å². The molecule has 0 aliphatic heterocycles. The standard InChI is InChI=1S/C21H39NO6/c1-2-3-4-10-13-17(24)14-11-8-6-5-7-9-12-15-18(25)19(26)21(22,16-23)20(27)28/h9,12,18-19,23,25-26H,2-8,10-11,13-16,22H2,1H3,(H,27,28)/b12-9+/t18-,19+,21?/m0/s1. The number of unbranched alkanes of at least 4 members (excludes halogenated alkanes) is 7. The summed E-state index contributed by atoms with van der Waals surface area (Å²) in [6.45, 7) is 1.19. The normalized spacial score (nSPS) is 16.0. The second-order valence-corrected chi connectivity index (χ2v) is 7.53. The van der Waals surface area contributed by atoms with E-state index in [2.05, 4.69) is 6.92 Å². The van der Waals surface area contributed by atoms with Crippen LogP contribution in [-0.4, -0.2) is 56.5 Å². The van der Waals surface area contributed by atoms with Crippen molar-refractivity contribution in [3.8, 4) is 0 Å². The third kappa shape index (κ3) is 10.9. The Morgan fingerprint density at radius 3 is 2.07 bits per heavy atom. The molecule has 0 spiro atoms. The van der Waals surface area contributed by atoms with Gasteiger partial charge in [0.15, 0.2) is 5.54 Å². The van der Waals surface area contributed by atoms with E-state index < -0.39 is 30.3 Å². The second-order valence-electron chi connectivity index (χ2n) is 7.53. The number of ketones is 1. The van der Waals surface area contributed by atoms with E-state index in [9.17, 15) is 19.8 Å². The highest BCUT2D eigenvalue weighted by molar-refractivity contribution is 5.79. The molecule has 0 fully saturated rings. The Hall–Kier alpha value is -1.28. The zero-order chi connectivity index (χ0) is 21.4. The van der Waals surface area contributed by atoms with Gasteiger partial charge in [0, 0.05) is 12.8 Å². The van der Waals surface area contributed by atoms with Gasteiger partial charge in [-0.15, -0.1) is 0 Å². The van der Waals surface area contributed by atoms with Crippen molar-refractivity contribution >= 4 is 11.8 Å². The summed E-state index contributed by atoms with van der Waals surface area (Å²) >= 11 is 0. The van der Waals surface area contributed by atoms with E-state index in [4.69, 9.17) is 15.9 Å². The maximum Gasteiger partial charge on any atom is 0.328 e. The molecule has 0 saturated heterocycles. The van der Waals surface area contributed by atoms with Crippen molar-refractivity contribution < 1.29 is 30.0 Å². The summed E-state index contributed by atoms with van der Waals surface area (Å²) in [6, 6.07) is 0. The van der Waals surface area contributed by atoms with Crippen LogP contribution in [0.1, 0.15) is 84.0 Å². The van der Waals surface area contributed by atoms with Crippen molar-refractivity contribution in [2.75, 3.05) is 6.61 Å². The van der Waals surface area contributed by atoms with Gasteiger partial charge in [0.2, 0.25) is 0 Å². The third-order valence-electron chi connectivity index (χ3n) is 4.98. The molecular weight excluding hydrogens is 362 g/mol. The largest absolute Gasteiger partial charge is 0.480 e. The van der Waals surface area contributed by atoms with Crippen LogP contribution in [0.5, 0.6) is 0 Å². The minimum Gasteiger partial charge on any atom is -0.480 e. The van der Waals surface area contributed by atoms with E-state index in [1.807, 2.05) is 6.08 Å². The molecule has 0 saturated carbocycles. The van der Waals surface area contributed by atoms with E-state index >= 15 is 0 Å². The molecule has 1 unspecified atom stereocenters. The van der Waals surface area contributed by atoms with Gasteiger partial charge in [-0.25, -0.2) is 0 Å². The molecule has 0 bridgehead atoms. The molecule has 0 amide bonds. The molecule has 0 rings (SSSR count). The topological polar surface area (TPSA) is 141 Å². The first-order valence-corrected chi connectivity index (χ1v) is 10.5. The number of Topliss-reactive ketones (excluding diaryl/α,β-unsaturated/α-hetero) is 1. The van der Waals surface area contributed by atoms with Crippen molar-refractivity contribution in [1.82, 2.24) is 0 Å². The summed E-state index contributed by atoms with van der Waals surface area (Å²) in [5.41, 5.74) is 3.16. The Kier molecular flexibility index (Phi) is 14.9. The smallest absolute Gasteiger partial charge is 0.328 e. The van der Waals surface area contributed by atoms with Gasteiger partial charge in [0.25, 0.3) is 0 Å². The quantitative estimate of drug-likeness (QED) is 0.175. The van der Waals surface area contributed by atoms with Crippen molar-refractivity contribution in [3.05, 3.63) is 12.2 Å². The highest BCUT2D eigenvalue weighted by Crippen LogP contribution is 2.15. The van der Waals surface area contributed by atoms with Gasteiger partial charge in [-0.1, -0.05) is 51.2 Å². The van der Waals surface area contributed by atoms with Gasteiger partial charge in [-0.05, 0) is 32.1 Å². The van der Waals surface area contributed by atoms with Crippen LogP contribution >= 0.6 is 0 Å². The fourth-order valence-electron chi connectivity index (χ4n) is 2.93. The maximum atomic E-state index is 11.7. The molecule has 0 aliphatic rings.